The van der Waals surface area contributed by atoms with Gasteiger partial charge in [-0.15, -0.1) is 11.6 Å². The highest BCUT2D eigenvalue weighted by atomic mass is 35.5. The second-order valence-corrected chi connectivity index (χ2v) is 15.3. The van der Waals surface area contributed by atoms with Crippen molar-refractivity contribution >= 4 is 57.2 Å². The Kier molecular flexibility index (Phi) is 11.8. The number of alkyl halides is 7. The third-order valence-corrected chi connectivity index (χ3v) is 11.2. The molecule has 12 nitrogen and oxygen atoms in total. The van der Waals surface area contributed by atoms with Crippen molar-refractivity contribution in [2.75, 3.05) is 59.4 Å². The molecule has 0 saturated carbocycles. The summed E-state index contributed by atoms with van der Waals surface area (Å²) in [5.41, 5.74) is -0.166. The number of hydrogen-bond donors (Lipinski definition) is 1. The van der Waals surface area contributed by atoms with Gasteiger partial charge in [-0.25, -0.2) is 9.97 Å². The molecular weight excluding hydrogens is 812 g/mol. The summed E-state index contributed by atoms with van der Waals surface area (Å²) in [6.45, 7) is 5.77. The number of ether oxygens (including phenoxy) is 1. The largest absolute Gasteiger partial charge is 0.433 e. The van der Waals surface area contributed by atoms with E-state index in [1.807, 2.05) is 22.8 Å². The molecule has 8 heterocycles. The summed E-state index contributed by atoms with van der Waals surface area (Å²) in [5, 5.41) is 4.55. The molecule has 6 aromatic rings. The monoisotopic (exact) mass is 851 g/mol. The molecule has 60 heavy (non-hydrogen) atoms. The van der Waals surface area contributed by atoms with Gasteiger partial charge in [0.1, 0.15) is 17.3 Å². The molecule has 3 aliphatic rings. The van der Waals surface area contributed by atoms with Gasteiger partial charge in [0.05, 0.1) is 41.6 Å². The summed E-state index contributed by atoms with van der Waals surface area (Å²) in [6, 6.07) is 15.5. The van der Waals surface area contributed by atoms with E-state index in [4.69, 9.17) is 21.3 Å². The molecule has 9 rings (SSSR count). The third kappa shape index (κ3) is 8.80. The Morgan fingerprint density at radius 1 is 0.717 bits per heavy atom. The Labute approximate surface area is 346 Å². The van der Waals surface area contributed by atoms with Crippen molar-refractivity contribution in [3.05, 3.63) is 102 Å². The zero-order valence-corrected chi connectivity index (χ0v) is 33.1. The van der Waals surface area contributed by atoms with Crippen LogP contribution in [0.4, 0.5) is 49.9 Å². The average Bonchev–Trinajstić information content (AvgIpc) is 3.22. The summed E-state index contributed by atoms with van der Waals surface area (Å²) in [4.78, 5) is 36.8. The minimum absolute atomic E-state index is 0.0388. The van der Waals surface area contributed by atoms with Crippen LogP contribution in [0.2, 0.25) is 0 Å². The number of anilines is 4. The van der Waals surface area contributed by atoms with Crippen LogP contribution >= 0.6 is 11.6 Å². The van der Waals surface area contributed by atoms with Crippen LogP contribution in [0.1, 0.15) is 54.6 Å². The van der Waals surface area contributed by atoms with E-state index < -0.39 is 29.7 Å². The van der Waals surface area contributed by atoms with Gasteiger partial charge in [-0.1, -0.05) is 24.3 Å². The van der Waals surface area contributed by atoms with Crippen LogP contribution in [0.25, 0.3) is 22.1 Å². The highest BCUT2D eigenvalue weighted by molar-refractivity contribution is 6.20. The van der Waals surface area contributed by atoms with Crippen molar-refractivity contribution in [2.24, 2.45) is 0 Å². The number of morpholine rings is 1. The van der Waals surface area contributed by atoms with Crippen molar-refractivity contribution in [1.82, 2.24) is 34.9 Å². The van der Waals surface area contributed by atoms with Crippen LogP contribution in [0, 0.1) is 0 Å². The lowest BCUT2D eigenvalue weighted by molar-refractivity contribution is -0.142. The summed E-state index contributed by atoms with van der Waals surface area (Å²) in [5.74, 6) is 2.08. The number of fused-ring (bicyclic) bond motifs is 2. The van der Waals surface area contributed by atoms with E-state index in [0.29, 0.717) is 72.9 Å². The van der Waals surface area contributed by atoms with Gasteiger partial charge in [-0.05, 0) is 68.1 Å². The number of halogens is 7. The summed E-state index contributed by atoms with van der Waals surface area (Å²) in [6.07, 6.45) is -2.20. The highest BCUT2D eigenvalue weighted by Crippen LogP contribution is 2.44. The first kappa shape index (κ1) is 41.1. The molecule has 19 heteroatoms. The molecule has 0 radical (unpaired) electrons. The van der Waals surface area contributed by atoms with E-state index in [1.54, 1.807) is 42.7 Å². The molecule has 2 atom stereocenters. The Morgan fingerprint density at radius 3 is 2.10 bits per heavy atom. The highest BCUT2D eigenvalue weighted by Gasteiger charge is 2.40. The molecule has 1 unspecified atom stereocenters. The van der Waals surface area contributed by atoms with Gasteiger partial charge >= 0.3 is 12.4 Å². The van der Waals surface area contributed by atoms with Crippen molar-refractivity contribution in [2.45, 2.75) is 62.5 Å². The molecule has 0 bridgehead atoms. The maximum Gasteiger partial charge on any atom is 0.433 e. The van der Waals surface area contributed by atoms with E-state index in [1.165, 1.54) is 18.2 Å². The van der Waals surface area contributed by atoms with Crippen molar-refractivity contribution in [3.63, 3.8) is 0 Å². The minimum Gasteiger partial charge on any atom is -0.377 e. The maximum atomic E-state index is 13.6. The number of hydrogen-bond acceptors (Lipinski definition) is 12. The maximum absolute atomic E-state index is 13.6. The third-order valence-electron chi connectivity index (χ3n) is 10.8. The van der Waals surface area contributed by atoms with Gasteiger partial charge < -0.3 is 24.8 Å². The molecule has 1 N–H and O–H groups in total. The van der Waals surface area contributed by atoms with E-state index in [0.717, 1.165) is 43.6 Å². The summed E-state index contributed by atoms with van der Waals surface area (Å²) in [7, 11) is 0. The Morgan fingerprint density at radius 2 is 1.40 bits per heavy atom. The quantitative estimate of drug-likeness (QED) is 0.123. The molecule has 3 fully saturated rings. The fourth-order valence-corrected chi connectivity index (χ4v) is 7.80. The van der Waals surface area contributed by atoms with Gasteiger partial charge in [-0.2, -0.15) is 46.3 Å². The Bertz CT molecular complexity index is 2450. The lowest BCUT2D eigenvalue weighted by atomic mass is 9.90. The number of pyridine rings is 3. The van der Waals surface area contributed by atoms with E-state index in [-0.39, 0.29) is 29.1 Å². The van der Waals surface area contributed by atoms with Gasteiger partial charge in [0.25, 0.3) is 0 Å². The van der Waals surface area contributed by atoms with E-state index in [2.05, 4.69) is 40.1 Å². The first-order chi connectivity index (χ1) is 28.8. The van der Waals surface area contributed by atoms with Crippen LogP contribution in [0.15, 0.2) is 79.3 Å². The smallest absolute Gasteiger partial charge is 0.377 e. The first-order valence-electron chi connectivity index (χ1n) is 19.5. The predicted octanol–water partition coefficient (Wildman–Crippen LogP) is 8.48. The fraction of sp³-hybridized carbons (Fsp3) is 0.390. The number of benzene rings is 1. The fourth-order valence-electron chi connectivity index (χ4n) is 7.61. The molecule has 3 saturated heterocycles. The van der Waals surface area contributed by atoms with Gasteiger partial charge in [0, 0.05) is 62.3 Å². The lowest BCUT2D eigenvalue weighted by Gasteiger charge is -2.43. The molecule has 1 aromatic carbocycles. The molecular formula is C41H40ClF6N11O. The van der Waals surface area contributed by atoms with Crippen LogP contribution in [0.3, 0.4) is 0 Å². The van der Waals surface area contributed by atoms with Gasteiger partial charge in [-0.3, -0.25) is 4.98 Å². The number of nitrogens with one attached hydrogen (secondary N) is 1. The van der Waals surface area contributed by atoms with Crippen molar-refractivity contribution in [3.8, 4) is 0 Å². The van der Waals surface area contributed by atoms with Crippen LogP contribution in [-0.2, 0) is 23.6 Å². The summed E-state index contributed by atoms with van der Waals surface area (Å²) < 4.78 is 86.0. The Balaban J connectivity index is 0.000000167. The van der Waals surface area contributed by atoms with Crippen LogP contribution < -0.4 is 20.0 Å². The van der Waals surface area contributed by atoms with E-state index in [9.17, 15) is 26.3 Å². The van der Waals surface area contributed by atoms with E-state index >= 15 is 0 Å². The van der Waals surface area contributed by atoms with Crippen LogP contribution in [0.5, 0.6) is 0 Å². The van der Waals surface area contributed by atoms with Gasteiger partial charge in [0.15, 0.2) is 11.3 Å². The normalized spacial score (nSPS) is 18.9. The zero-order valence-electron chi connectivity index (χ0n) is 32.3. The predicted molar refractivity (Wildman–Crippen MR) is 216 cm³/mol. The Hall–Kier alpha value is -5.62. The molecule has 3 aliphatic heterocycles. The SMILES string of the molecule is C[C@@H]1COCCN1c1nc(NCc2cccnc2C(F)(F)F)c2cccnc2n1.FC(F)(F)c1ccccc1C1CCN1c1nc(N2CCC(Cl)CC2)nc2ncccc12. The standard InChI is InChI=1S/C22H21ClF3N5.C19H19F3N6O/c23-14-7-11-30(12-8-14)21-28-19-16(5-3-10-27-19)20(29-21)31-13-9-18(31)15-4-1-2-6-17(15)22(24,25)26;1-12-11-29-9-8-28(12)18-26-16-14(5-3-7-24-16)17(27-18)25-10-13-4-2-6-23-15(13)19(20,21)22/h1-6,10,14,18H,7-9,11-13H2;2-7,12H,8-11H2,1H3,(H,24,25,26,27)/t;12-/m.1/s1. The average molecular weight is 852 g/mol. The zero-order chi connectivity index (χ0) is 42.0. The number of nitrogens with zero attached hydrogens (tertiary/aromatic N) is 10. The molecule has 0 aliphatic carbocycles. The molecule has 314 valence electrons. The first-order valence-corrected chi connectivity index (χ1v) is 20.0. The minimum atomic E-state index is -4.53. The van der Waals surface area contributed by atoms with Crippen LogP contribution in [-0.4, -0.2) is 85.7 Å². The second kappa shape index (κ2) is 17.2. The summed E-state index contributed by atoms with van der Waals surface area (Å²) >= 11 is 6.24. The molecule has 0 amide bonds. The van der Waals surface area contributed by atoms with Crippen molar-refractivity contribution < 1.29 is 31.1 Å². The number of aromatic nitrogens is 7. The van der Waals surface area contributed by atoms with Gasteiger partial charge in [0.2, 0.25) is 11.9 Å². The topological polar surface area (TPSA) is 121 Å². The number of piperidine rings is 1. The number of rotatable bonds is 7. The van der Waals surface area contributed by atoms with Crippen molar-refractivity contribution in [1.29, 1.82) is 0 Å². The lowest BCUT2D eigenvalue weighted by Crippen LogP contribution is -2.44. The second-order valence-electron chi connectivity index (χ2n) is 14.7. The molecule has 5 aromatic heterocycles. The molecule has 0 spiro atoms.